The smallest absolute Gasteiger partial charge is 0.252 e. The predicted octanol–water partition coefficient (Wildman–Crippen LogP) is 4.31. The van der Waals surface area contributed by atoms with Crippen LogP contribution in [-0.2, 0) is 5.54 Å². The molecule has 9 heteroatoms. The van der Waals surface area contributed by atoms with E-state index in [9.17, 15) is 9.90 Å². The van der Waals surface area contributed by atoms with E-state index in [1.54, 1.807) is 18.3 Å². The Morgan fingerprint density at radius 3 is 2.63 bits per heavy atom. The first-order chi connectivity index (χ1) is 16.8. The maximum Gasteiger partial charge on any atom is 0.252 e. The molecule has 5 rings (SSSR count). The van der Waals surface area contributed by atoms with Crippen molar-refractivity contribution in [3.8, 4) is 11.3 Å². The number of rotatable bonds is 7. The van der Waals surface area contributed by atoms with Crippen molar-refractivity contribution in [3.63, 3.8) is 0 Å². The van der Waals surface area contributed by atoms with E-state index in [2.05, 4.69) is 26.1 Å². The standard InChI is InChI=1S/C26H26N6O3/c1-15-11-22(35-32-15)19-13-27-25(30-23(19)29-21(14-33)16-7-5-4-6-8-16)28-17-9-10-18-20(12-17)26(2,3)31-24(18)34/h4-13,21,33H,14H2,1-3H3,(H,31,34)(H2,27,28,29,30). The minimum absolute atomic E-state index is 0.0815. The van der Waals surface area contributed by atoms with Gasteiger partial charge in [-0.3, -0.25) is 4.79 Å². The molecule has 2 aromatic carbocycles. The first-order valence-electron chi connectivity index (χ1n) is 11.3. The third-order valence-corrected chi connectivity index (χ3v) is 6.00. The van der Waals surface area contributed by atoms with Crippen LogP contribution >= 0.6 is 0 Å². The Balaban J connectivity index is 1.50. The zero-order valence-electron chi connectivity index (χ0n) is 19.7. The number of anilines is 3. The Labute approximate surface area is 202 Å². The van der Waals surface area contributed by atoms with Gasteiger partial charge in [0.1, 0.15) is 5.82 Å². The number of aliphatic hydroxyl groups is 1. The van der Waals surface area contributed by atoms with E-state index < -0.39 is 5.54 Å². The maximum atomic E-state index is 12.2. The SMILES string of the molecule is Cc1cc(-c2cnc(Nc3ccc4c(c3)C(C)(C)NC4=O)nc2NC(CO)c2ccccc2)on1. The van der Waals surface area contributed by atoms with Crippen molar-refractivity contribution in [2.75, 3.05) is 17.2 Å². The first kappa shape index (κ1) is 22.5. The summed E-state index contributed by atoms with van der Waals surface area (Å²) in [6, 6.07) is 16.6. The Kier molecular flexibility index (Phi) is 5.70. The average molecular weight is 471 g/mol. The number of fused-ring (bicyclic) bond motifs is 1. The Bertz CT molecular complexity index is 1380. The highest BCUT2D eigenvalue weighted by atomic mass is 16.5. The highest BCUT2D eigenvalue weighted by Crippen LogP contribution is 2.34. The van der Waals surface area contributed by atoms with Crippen LogP contribution in [0.25, 0.3) is 11.3 Å². The molecule has 4 N–H and O–H groups in total. The van der Waals surface area contributed by atoms with E-state index in [1.807, 2.05) is 63.2 Å². The summed E-state index contributed by atoms with van der Waals surface area (Å²) in [5.74, 6) is 1.28. The van der Waals surface area contributed by atoms with Crippen LogP contribution in [0.5, 0.6) is 0 Å². The highest BCUT2D eigenvalue weighted by Gasteiger charge is 2.35. The summed E-state index contributed by atoms with van der Waals surface area (Å²) in [7, 11) is 0. The molecule has 0 fully saturated rings. The van der Waals surface area contributed by atoms with Crippen LogP contribution < -0.4 is 16.0 Å². The van der Waals surface area contributed by atoms with E-state index in [0.29, 0.717) is 28.7 Å². The lowest BCUT2D eigenvalue weighted by atomic mass is 9.94. The van der Waals surface area contributed by atoms with Crippen molar-refractivity contribution in [2.45, 2.75) is 32.4 Å². The number of amides is 1. The molecule has 1 aliphatic heterocycles. The van der Waals surface area contributed by atoms with Crippen LogP contribution in [0, 0.1) is 6.92 Å². The van der Waals surface area contributed by atoms with Crippen LogP contribution in [0.15, 0.2) is 65.3 Å². The van der Waals surface area contributed by atoms with E-state index in [4.69, 9.17) is 9.51 Å². The number of carbonyl (C=O) groups excluding carboxylic acids is 1. The summed E-state index contributed by atoms with van der Waals surface area (Å²) in [5.41, 5.74) is 4.13. The number of aromatic nitrogens is 3. The second-order valence-corrected chi connectivity index (χ2v) is 9.04. The molecule has 0 radical (unpaired) electrons. The predicted molar refractivity (Wildman–Crippen MR) is 132 cm³/mol. The van der Waals surface area contributed by atoms with Gasteiger partial charge in [-0.05, 0) is 50.1 Å². The molecule has 1 amide bonds. The Morgan fingerprint density at radius 2 is 1.91 bits per heavy atom. The van der Waals surface area contributed by atoms with Gasteiger partial charge in [0.15, 0.2) is 5.76 Å². The van der Waals surface area contributed by atoms with Crippen LogP contribution in [0.2, 0.25) is 0 Å². The zero-order chi connectivity index (χ0) is 24.6. The molecule has 178 valence electrons. The number of benzene rings is 2. The van der Waals surface area contributed by atoms with Gasteiger partial charge in [0.2, 0.25) is 5.95 Å². The van der Waals surface area contributed by atoms with Gasteiger partial charge < -0.3 is 25.6 Å². The van der Waals surface area contributed by atoms with Gasteiger partial charge in [-0.25, -0.2) is 4.98 Å². The summed E-state index contributed by atoms with van der Waals surface area (Å²) in [5, 5.41) is 23.6. The highest BCUT2D eigenvalue weighted by molar-refractivity contribution is 6.00. The van der Waals surface area contributed by atoms with Gasteiger partial charge in [-0.1, -0.05) is 35.5 Å². The van der Waals surface area contributed by atoms with Crippen LogP contribution in [-0.4, -0.2) is 32.7 Å². The van der Waals surface area contributed by atoms with Crippen molar-refractivity contribution < 1.29 is 14.4 Å². The lowest BCUT2D eigenvalue weighted by Crippen LogP contribution is -2.32. The lowest BCUT2D eigenvalue weighted by molar-refractivity contribution is 0.0940. The second kappa shape index (κ2) is 8.84. The van der Waals surface area contributed by atoms with Gasteiger partial charge in [0.05, 0.1) is 29.4 Å². The van der Waals surface area contributed by atoms with E-state index >= 15 is 0 Å². The molecule has 3 heterocycles. The summed E-state index contributed by atoms with van der Waals surface area (Å²) in [6.07, 6.45) is 1.65. The third-order valence-electron chi connectivity index (χ3n) is 6.00. The van der Waals surface area contributed by atoms with Gasteiger partial charge in [0.25, 0.3) is 5.91 Å². The minimum atomic E-state index is -0.463. The van der Waals surface area contributed by atoms with Crippen LogP contribution in [0.3, 0.4) is 0 Å². The molecule has 1 aliphatic rings. The fourth-order valence-electron chi connectivity index (χ4n) is 4.19. The molecule has 2 aromatic heterocycles. The largest absolute Gasteiger partial charge is 0.394 e. The molecule has 0 saturated carbocycles. The summed E-state index contributed by atoms with van der Waals surface area (Å²) >= 11 is 0. The zero-order valence-corrected chi connectivity index (χ0v) is 19.7. The number of nitrogens with one attached hydrogen (secondary N) is 3. The normalized spacial score (nSPS) is 14.8. The molecule has 35 heavy (non-hydrogen) atoms. The molecule has 4 aromatic rings. The second-order valence-electron chi connectivity index (χ2n) is 9.04. The molecule has 9 nitrogen and oxygen atoms in total. The molecule has 1 atom stereocenters. The van der Waals surface area contributed by atoms with Crippen LogP contribution in [0.4, 0.5) is 17.5 Å². The van der Waals surface area contributed by atoms with Crippen molar-refractivity contribution in [1.82, 2.24) is 20.4 Å². The van der Waals surface area contributed by atoms with Crippen molar-refractivity contribution in [3.05, 3.63) is 83.2 Å². The fourth-order valence-corrected chi connectivity index (χ4v) is 4.19. The summed E-state index contributed by atoms with van der Waals surface area (Å²) in [6.45, 7) is 5.64. The summed E-state index contributed by atoms with van der Waals surface area (Å²) < 4.78 is 5.46. The topological polar surface area (TPSA) is 125 Å². The summed E-state index contributed by atoms with van der Waals surface area (Å²) in [4.78, 5) is 21.4. The number of aryl methyl sites for hydroxylation is 1. The average Bonchev–Trinajstić information content (AvgIpc) is 3.37. The van der Waals surface area contributed by atoms with Gasteiger partial charge in [-0.2, -0.15) is 4.98 Å². The van der Waals surface area contributed by atoms with E-state index in [-0.39, 0.29) is 18.6 Å². The molecular formula is C26H26N6O3. The van der Waals surface area contributed by atoms with Gasteiger partial charge >= 0.3 is 0 Å². The van der Waals surface area contributed by atoms with Crippen molar-refractivity contribution >= 4 is 23.4 Å². The molecule has 0 spiro atoms. The fraction of sp³-hybridized carbons (Fsp3) is 0.231. The quantitative estimate of drug-likeness (QED) is 0.315. The Hall–Kier alpha value is -4.24. The van der Waals surface area contributed by atoms with Gasteiger partial charge in [-0.15, -0.1) is 0 Å². The number of carbonyl (C=O) groups is 1. The van der Waals surface area contributed by atoms with Crippen molar-refractivity contribution in [1.29, 1.82) is 0 Å². The van der Waals surface area contributed by atoms with Crippen molar-refractivity contribution in [2.24, 2.45) is 0 Å². The molecular weight excluding hydrogens is 444 g/mol. The monoisotopic (exact) mass is 470 g/mol. The number of hydrogen-bond donors (Lipinski definition) is 4. The van der Waals surface area contributed by atoms with Gasteiger partial charge in [0, 0.05) is 23.5 Å². The maximum absolute atomic E-state index is 12.2. The van der Waals surface area contributed by atoms with E-state index in [1.165, 1.54) is 0 Å². The number of hydrogen-bond acceptors (Lipinski definition) is 8. The molecule has 0 bridgehead atoms. The van der Waals surface area contributed by atoms with Crippen LogP contribution in [0.1, 0.15) is 47.1 Å². The molecule has 0 aliphatic carbocycles. The van der Waals surface area contributed by atoms with E-state index in [0.717, 1.165) is 22.5 Å². The molecule has 0 saturated heterocycles. The number of nitrogens with zero attached hydrogens (tertiary/aromatic N) is 3. The number of aliphatic hydroxyl groups excluding tert-OH is 1. The minimum Gasteiger partial charge on any atom is -0.394 e. The molecule has 1 unspecified atom stereocenters. The lowest BCUT2D eigenvalue weighted by Gasteiger charge is -2.20. The third kappa shape index (κ3) is 4.45. The first-order valence-corrected chi connectivity index (χ1v) is 11.3. The Morgan fingerprint density at radius 1 is 1.11 bits per heavy atom.